The molecule has 2 aromatic rings. The molecule has 1 atom stereocenters. The van der Waals surface area contributed by atoms with Crippen molar-refractivity contribution in [2.75, 3.05) is 19.0 Å². The van der Waals surface area contributed by atoms with Gasteiger partial charge in [-0.1, -0.05) is 32.0 Å². The first-order chi connectivity index (χ1) is 13.8. The van der Waals surface area contributed by atoms with Crippen LogP contribution < -0.4 is 14.8 Å². The molecule has 0 saturated heterocycles. The SMILES string of the molecule is CCOc1cc(C(=O)O[C@@H](C)C(=O)Nc2c(C)cccc2C(C)C)ccc1OC. The normalized spacial score (nSPS) is 11.7. The largest absolute Gasteiger partial charge is 0.493 e. The zero-order chi connectivity index (χ0) is 21.6. The van der Waals surface area contributed by atoms with Gasteiger partial charge in [0.25, 0.3) is 5.91 Å². The lowest BCUT2D eigenvalue weighted by Crippen LogP contribution is -2.30. The van der Waals surface area contributed by atoms with Gasteiger partial charge in [-0.15, -0.1) is 0 Å². The number of methoxy groups -OCH3 is 1. The molecular weight excluding hydrogens is 370 g/mol. The summed E-state index contributed by atoms with van der Waals surface area (Å²) in [5.74, 6) is 0.232. The van der Waals surface area contributed by atoms with E-state index in [1.807, 2.05) is 32.0 Å². The number of para-hydroxylation sites is 1. The van der Waals surface area contributed by atoms with E-state index in [1.165, 1.54) is 7.11 Å². The molecule has 0 aliphatic heterocycles. The van der Waals surface area contributed by atoms with Gasteiger partial charge in [-0.3, -0.25) is 4.79 Å². The first-order valence-electron chi connectivity index (χ1n) is 9.70. The Hall–Kier alpha value is -3.02. The average molecular weight is 399 g/mol. The number of aryl methyl sites for hydroxylation is 1. The second-order valence-corrected chi connectivity index (χ2v) is 7.03. The summed E-state index contributed by atoms with van der Waals surface area (Å²) in [6, 6.07) is 10.6. The number of nitrogens with one attached hydrogen (secondary N) is 1. The van der Waals surface area contributed by atoms with Crippen molar-refractivity contribution in [1.82, 2.24) is 0 Å². The number of hydrogen-bond donors (Lipinski definition) is 1. The predicted octanol–water partition coefficient (Wildman–Crippen LogP) is 4.71. The Kier molecular flexibility index (Phi) is 7.65. The Morgan fingerprint density at radius 1 is 1.07 bits per heavy atom. The van der Waals surface area contributed by atoms with Gasteiger partial charge in [0.05, 0.1) is 19.3 Å². The topological polar surface area (TPSA) is 73.9 Å². The van der Waals surface area contributed by atoms with E-state index in [0.29, 0.717) is 18.1 Å². The van der Waals surface area contributed by atoms with Crippen molar-refractivity contribution in [3.63, 3.8) is 0 Å². The van der Waals surface area contributed by atoms with Crippen molar-refractivity contribution < 1.29 is 23.8 Å². The lowest BCUT2D eigenvalue weighted by atomic mass is 9.98. The van der Waals surface area contributed by atoms with Crippen LogP contribution in [0.3, 0.4) is 0 Å². The van der Waals surface area contributed by atoms with Gasteiger partial charge < -0.3 is 19.5 Å². The molecule has 0 saturated carbocycles. The van der Waals surface area contributed by atoms with E-state index in [4.69, 9.17) is 14.2 Å². The Bertz CT molecular complexity index is 876. The van der Waals surface area contributed by atoms with E-state index >= 15 is 0 Å². The summed E-state index contributed by atoms with van der Waals surface area (Å²) in [4.78, 5) is 25.2. The zero-order valence-corrected chi connectivity index (χ0v) is 17.9. The third-order valence-corrected chi connectivity index (χ3v) is 4.53. The van der Waals surface area contributed by atoms with Crippen LogP contribution in [0.15, 0.2) is 36.4 Å². The fraction of sp³-hybridized carbons (Fsp3) is 0.391. The molecule has 0 spiro atoms. The van der Waals surface area contributed by atoms with Gasteiger partial charge in [0, 0.05) is 5.69 Å². The lowest BCUT2D eigenvalue weighted by molar-refractivity contribution is -0.123. The van der Waals surface area contributed by atoms with Crippen LogP contribution in [0.2, 0.25) is 0 Å². The molecule has 0 aromatic heterocycles. The Labute approximate surface area is 172 Å². The number of benzene rings is 2. The number of hydrogen-bond acceptors (Lipinski definition) is 5. The number of anilines is 1. The number of ether oxygens (including phenoxy) is 3. The summed E-state index contributed by atoms with van der Waals surface area (Å²) in [6.07, 6.45) is -0.959. The summed E-state index contributed by atoms with van der Waals surface area (Å²) in [7, 11) is 1.53. The first kappa shape index (κ1) is 22.3. The summed E-state index contributed by atoms with van der Waals surface area (Å²) in [5, 5.41) is 2.91. The number of rotatable bonds is 8. The second-order valence-electron chi connectivity index (χ2n) is 7.03. The molecule has 2 aromatic carbocycles. The maximum absolute atomic E-state index is 12.6. The maximum atomic E-state index is 12.6. The van der Waals surface area contributed by atoms with Gasteiger partial charge in [0.1, 0.15) is 0 Å². The Morgan fingerprint density at radius 2 is 1.79 bits per heavy atom. The smallest absolute Gasteiger partial charge is 0.339 e. The molecule has 6 heteroatoms. The third-order valence-electron chi connectivity index (χ3n) is 4.53. The monoisotopic (exact) mass is 399 g/mol. The molecule has 0 bridgehead atoms. The van der Waals surface area contributed by atoms with Crippen LogP contribution in [-0.4, -0.2) is 31.7 Å². The second kappa shape index (κ2) is 9.96. The van der Waals surface area contributed by atoms with E-state index in [9.17, 15) is 9.59 Å². The number of amides is 1. The molecule has 0 fully saturated rings. The molecule has 0 aliphatic carbocycles. The van der Waals surface area contributed by atoms with Crippen molar-refractivity contribution in [2.45, 2.75) is 46.6 Å². The molecule has 156 valence electrons. The first-order valence-corrected chi connectivity index (χ1v) is 9.70. The molecule has 0 radical (unpaired) electrons. The Morgan fingerprint density at radius 3 is 2.41 bits per heavy atom. The van der Waals surface area contributed by atoms with E-state index in [0.717, 1.165) is 16.8 Å². The van der Waals surface area contributed by atoms with Crippen LogP contribution in [0.4, 0.5) is 5.69 Å². The third kappa shape index (κ3) is 5.50. The van der Waals surface area contributed by atoms with Gasteiger partial charge in [0.15, 0.2) is 17.6 Å². The quantitative estimate of drug-likeness (QED) is 0.651. The van der Waals surface area contributed by atoms with Gasteiger partial charge in [-0.25, -0.2) is 4.79 Å². The van der Waals surface area contributed by atoms with E-state index < -0.39 is 12.1 Å². The van der Waals surface area contributed by atoms with Gasteiger partial charge >= 0.3 is 5.97 Å². The standard InChI is InChI=1S/C23H29NO5/c1-7-28-20-13-17(11-12-19(20)27-6)23(26)29-16(5)22(25)24-21-15(4)9-8-10-18(21)14(2)3/h8-14,16H,7H2,1-6H3,(H,24,25)/t16-/m0/s1. The van der Waals surface area contributed by atoms with Gasteiger partial charge in [0.2, 0.25) is 0 Å². The van der Waals surface area contributed by atoms with Crippen LogP contribution in [0.1, 0.15) is 55.1 Å². The maximum Gasteiger partial charge on any atom is 0.339 e. The van der Waals surface area contributed by atoms with Crippen molar-refractivity contribution in [1.29, 1.82) is 0 Å². The Balaban J connectivity index is 2.12. The molecule has 0 unspecified atom stereocenters. The van der Waals surface area contributed by atoms with Crippen LogP contribution in [0.5, 0.6) is 11.5 Å². The molecular formula is C23H29NO5. The van der Waals surface area contributed by atoms with Gasteiger partial charge in [-0.2, -0.15) is 0 Å². The minimum atomic E-state index is -0.959. The summed E-state index contributed by atoms with van der Waals surface area (Å²) < 4.78 is 16.1. The molecule has 1 N–H and O–H groups in total. The predicted molar refractivity (Wildman–Crippen MR) is 113 cm³/mol. The highest BCUT2D eigenvalue weighted by Crippen LogP contribution is 2.29. The minimum absolute atomic E-state index is 0.249. The molecule has 0 aliphatic rings. The van der Waals surface area contributed by atoms with Crippen molar-refractivity contribution in [3.8, 4) is 11.5 Å². The molecule has 29 heavy (non-hydrogen) atoms. The highest BCUT2D eigenvalue weighted by atomic mass is 16.5. The van der Waals surface area contributed by atoms with Crippen LogP contribution in [-0.2, 0) is 9.53 Å². The van der Waals surface area contributed by atoms with Crippen molar-refractivity contribution in [3.05, 3.63) is 53.1 Å². The zero-order valence-electron chi connectivity index (χ0n) is 17.9. The van der Waals surface area contributed by atoms with E-state index in [1.54, 1.807) is 25.1 Å². The fourth-order valence-corrected chi connectivity index (χ4v) is 2.92. The van der Waals surface area contributed by atoms with Crippen molar-refractivity contribution >= 4 is 17.6 Å². The highest BCUT2D eigenvalue weighted by Gasteiger charge is 2.22. The average Bonchev–Trinajstić information content (AvgIpc) is 2.69. The van der Waals surface area contributed by atoms with Crippen molar-refractivity contribution in [2.24, 2.45) is 0 Å². The molecule has 6 nitrogen and oxygen atoms in total. The number of carbonyl (C=O) groups is 2. The summed E-state index contributed by atoms with van der Waals surface area (Å²) in [6.45, 7) is 9.88. The minimum Gasteiger partial charge on any atom is -0.493 e. The van der Waals surface area contributed by atoms with Gasteiger partial charge in [-0.05, 0) is 56.0 Å². The van der Waals surface area contributed by atoms with E-state index in [-0.39, 0.29) is 17.4 Å². The highest BCUT2D eigenvalue weighted by molar-refractivity contribution is 5.98. The summed E-state index contributed by atoms with van der Waals surface area (Å²) >= 11 is 0. The van der Waals surface area contributed by atoms with Crippen LogP contribution in [0.25, 0.3) is 0 Å². The fourth-order valence-electron chi connectivity index (χ4n) is 2.92. The molecule has 1 amide bonds. The summed E-state index contributed by atoms with van der Waals surface area (Å²) in [5.41, 5.74) is 3.04. The van der Waals surface area contributed by atoms with Crippen LogP contribution in [0, 0.1) is 6.92 Å². The number of carbonyl (C=O) groups excluding carboxylic acids is 2. The molecule has 2 rings (SSSR count). The molecule has 0 heterocycles. The lowest BCUT2D eigenvalue weighted by Gasteiger charge is -2.19. The number of esters is 1. The van der Waals surface area contributed by atoms with E-state index in [2.05, 4.69) is 19.2 Å². The van der Waals surface area contributed by atoms with Crippen LogP contribution >= 0.6 is 0 Å².